The van der Waals surface area contributed by atoms with Gasteiger partial charge in [0.25, 0.3) is 0 Å². The first-order valence-electron chi connectivity index (χ1n) is 5.37. The van der Waals surface area contributed by atoms with Crippen LogP contribution in [0.2, 0.25) is 0 Å². The molecule has 2 rings (SSSR count). The number of methoxy groups -OCH3 is 1. The van der Waals surface area contributed by atoms with Crippen LogP contribution in [0.15, 0.2) is 24.3 Å². The molecule has 0 saturated carbocycles. The number of hydrogen-bond acceptors (Lipinski definition) is 5. The average molecular weight is 301 g/mol. The molecule has 0 saturated heterocycles. The van der Waals surface area contributed by atoms with Crippen LogP contribution in [0.1, 0.15) is 11.1 Å². The van der Waals surface area contributed by atoms with Crippen LogP contribution in [0.25, 0.3) is 0 Å². The zero-order chi connectivity index (χ0) is 13.1. The summed E-state index contributed by atoms with van der Waals surface area (Å²) >= 11 is 4.90. The normalized spacial score (nSPS) is 9.74. The summed E-state index contributed by atoms with van der Waals surface area (Å²) in [4.78, 5) is 6.80. The largest absolute Gasteiger partial charge is 0.497 e. The van der Waals surface area contributed by atoms with Crippen molar-refractivity contribution < 1.29 is 4.74 Å². The molecule has 0 aliphatic heterocycles. The van der Waals surface area contributed by atoms with Gasteiger partial charge in [0.2, 0.25) is 0 Å². The smallest absolute Gasteiger partial charge is 0.200 e. The number of nitrogen functional groups attached to an aromatic ring is 2. The van der Waals surface area contributed by atoms with Crippen molar-refractivity contribution in [3.8, 4) is 5.75 Å². The van der Waals surface area contributed by atoms with Crippen LogP contribution in [0, 0.1) is 4.77 Å². The predicted molar refractivity (Wildman–Crippen MR) is 79.8 cm³/mol. The Morgan fingerprint density at radius 1 is 1.26 bits per heavy atom. The third-order valence-electron chi connectivity index (χ3n) is 2.64. The van der Waals surface area contributed by atoms with Crippen LogP contribution in [0.5, 0.6) is 5.75 Å². The Balaban J connectivity index is 0.00000180. The van der Waals surface area contributed by atoms with E-state index in [0.717, 1.165) is 16.9 Å². The summed E-state index contributed by atoms with van der Waals surface area (Å²) in [7, 11) is 1.63. The van der Waals surface area contributed by atoms with Gasteiger partial charge in [-0.25, -0.2) is 4.98 Å². The van der Waals surface area contributed by atoms with Crippen LogP contribution in [0.3, 0.4) is 0 Å². The Morgan fingerprint density at radius 3 is 2.42 bits per heavy atom. The van der Waals surface area contributed by atoms with E-state index in [1.807, 2.05) is 24.3 Å². The molecule has 0 atom stereocenters. The average Bonchev–Trinajstić information content (AvgIpc) is 2.34. The van der Waals surface area contributed by atoms with Crippen molar-refractivity contribution in [2.75, 3.05) is 18.6 Å². The summed E-state index contributed by atoms with van der Waals surface area (Å²) in [5.74, 6) is 1.64. The number of nitrogens with zero attached hydrogens (tertiary/aromatic N) is 1. The summed E-state index contributed by atoms with van der Waals surface area (Å²) in [5, 5.41) is 0. The molecule has 7 heteroatoms. The van der Waals surface area contributed by atoms with E-state index in [1.165, 1.54) is 0 Å². The van der Waals surface area contributed by atoms with Gasteiger partial charge >= 0.3 is 0 Å². The Hall–Kier alpha value is -0.444. The number of aromatic nitrogens is 2. The van der Waals surface area contributed by atoms with Gasteiger partial charge < -0.3 is 21.2 Å². The fourth-order valence-corrected chi connectivity index (χ4v) is 1.88. The third kappa shape index (κ3) is 4.27. The van der Waals surface area contributed by atoms with E-state index in [9.17, 15) is 0 Å². The fourth-order valence-electron chi connectivity index (χ4n) is 1.67. The maximum atomic E-state index is 5.86. The van der Waals surface area contributed by atoms with E-state index >= 15 is 0 Å². The van der Waals surface area contributed by atoms with Crippen molar-refractivity contribution in [3.63, 3.8) is 0 Å². The number of H-pyrrole nitrogens is 1. The molecule has 5 nitrogen and oxygen atoms in total. The minimum atomic E-state index is 0. The molecule has 1 aromatic carbocycles. The zero-order valence-electron chi connectivity index (χ0n) is 10.9. The maximum absolute atomic E-state index is 5.86. The summed E-state index contributed by atoms with van der Waals surface area (Å²) < 4.78 is 5.40. The summed E-state index contributed by atoms with van der Waals surface area (Å²) in [6.07, 6.45) is 0.598. The number of aromatic amines is 1. The predicted octanol–water partition coefficient (Wildman–Crippen LogP) is 1.52. The standard InChI is InChI=1S/C12H14N4OS.K/c1-17-8-4-2-7(3-5-8)6-9-10(13)15-12(18)16-11(9)14;/h2-5H,6H2,1H3,(H5,13,14,15,16,18);. The molecule has 0 aliphatic rings. The van der Waals surface area contributed by atoms with E-state index in [4.69, 9.17) is 28.4 Å². The number of nitrogens with one attached hydrogen (secondary N) is 1. The maximum Gasteiger partial charge on any atom is 0.200 e. The van der Waals surface area contributed by atoms with Crippen LogP contribution < -0.4 is 16.2 Å². The fraction of sp³-hybridized carbons (Fsp3) is 0.167. The van der Waals surface area contributed by atoms with Gasteiger partial charge in [-0.1, -0.05) is 12.1 Å². The van der Waals surface area contributed by atoms with Crippen LogP contribution in [0.4, 0.5) is 11.6 Å². The van der Waals surface area contributed by atoms with E-state index in [2.05, 4.69) is 9.97 Å². The minimum absolute atomic E-state index is 0. The molecule has 0 amide bonds. The molecule has 0 fully saturated rings. The SMILES string of the molecule is COc1ccc(Cc2c(N)nc(=S)[nH]c2N)cc1.[K]. The second kappa shape index (κ2) is 7.37. The molecule has 0 bridgehead atoms. The third-order valence-corrected chi connectivity index (χ3v) is 2.83. The first-order chi connectivity index (χ1) is 8.60. The van der Waals surface area contributed by atoms with Crippen molar-refractivity contribution in [2.45, 2.75) is 6.42 Å². The molecule has 0 aliphatic carbocycles. The Kier molecular flexibility index (Phi) is 6.44. The number of rotatable bonds is 3. The second-order valence-corrected chi connectivity index (χ2v) is 4.23. The van der Waals surface area contributed by atoms with Gasteiger partial charge in [0.1, 0.15) is 17.4 Å². The molecular formula is C12H14KN4OS. The zero-order valence-corrected chi connectivity index (χ0v) is 14.9. The van der Waals surface area contributed by atoms with E-state index in [-0.39, 0.29) is 51.4 Å². The molecule has 0 unspecified atom stereocenters. The van der Waals surface area contributed by atoms with Gasteiger partial charge in [-0.2, -0.15) is 0 Å². The summed E-state index contributed by atoms with van der Waals surface area (Å²) in [6, 6.07) is 7.69. The number of nitrogens with two attached hydrogens (primary N) is 2. The first kappa shape index (κ1) is 16.6. The van der Waals surface area contributed by atoms with Gasteiger partial charge in [0, 0.05) is 63.4 Å². The Bertz CT molecular complexity index is 586. The summed E-state index contributed by atoms with van der Waals surface area (Å²) in [5.41, 5.74) is 13.5. The molecule has 95 valence electrons. The van der Waals surface area contributed by atoms with Gasteiger partial charge in [-0.3, -0.25) is 0 Å². The Labute approximate surface area is 159 Å². The topological polar surface area (TPSA) is 90.0 Å². The molecular weight excluding hydrogens is 287 g/mol. The van der Waals surface area contributed by atoms with Crippen molar-refractivity contribution >= 4 is 75.2 Å². The van der Waals surface area contributed by atoms with Crippen molar-refractivity contribution in [3.05, 3.63) is 40.2 Å². The number of benzene rings is 1. The van der Waals surface area contributed by atoms with Crippen molar-refractivity contribution in [2.24, 2.45) is 0 Å². The minimum Gasteiger partial charge on any atom is -0.497 e. The van der Waals surface area contributed by atoms with Gasteiger partial charge in [-0.15, -0.1) is 0 Å². The summed E-state index contributed by atoms with van der Waals surface area (Å²) in [6.45, 7) is 0. The van der Waals surface area contributed by atoms with Crippen LogP contribution >= 0.6 is 12.2 Å². The number of hydrogen-bond donors (Lipinski definition) is 3. The van der Waals surface area contributed by atoms with Crippen molar-refractivity contribution in [1.29, 1.82) is 0 Å². The number of ether oxygens (including phenoxy) is 1. The molecule has 1 heterocycles. The molecule has 1 radical (unpaired) electrons. The van der Waals surface area contributed by atoms with Gasteiger partial charge in [0.05, 0.1) is 7.11 Å². The van der Waals surface area contributed by atoms with Gasteiger partial charge in [-0.05, 0) is 29.9 Å². The van der Waals surface area contributed by atoms with E-state index < -0.39 is 0 Å². The van der Waals surface area contributed by atoms with Crippen LogP contribution in [-0.2, 0) is 6.42 Å². The van der Waals surface area contributed by atoms with Gasteiger partial charge in [0.15, 0.2) is 4.77 Å². The Morgan fingerprint density at radius 2 is 1.89 bits per heavy atom. The second-order valence-electron chi connectivity index (χ2n) is 3.84. The molecule has 19 heavy (non-hydrogen) atoms. The number of anilines is 2. The molecule has 5 N–H and O–H groups in total. The molecule has 0 spiro atoms. The van der Waals surface area contributed by atoms with E-state index in [1.54, 1.807) is 7.11 Å². The first-order valence-corrected chi connectivity index (χ1v) is 5.78. The monoisotopic (exact) mass is 301 g/mol. The van der Waals surface area contributed by atoms with E-state index in [0.29, 0.717) is 22.8 Å². The molecule has 2 aromatic rings. The van der Waals surface area contributed by atoms with Crippen molar-refractivity contribution in [1.82, 2.24) is 9.97 Å². The quantitative estimate of drug-likeness (QED) is 0.591. The molecule has 1 aromatic heterocycles. The van der Waals surface area contributed by atoms with Crippen LogP contribution in [-0.4, -0.2) is 68.5 Å².